The van der Waals surface area contributed by atoms with Crippen LogP contribution in [-0.4, -0.2) is 18.1 Å². The molecule has 2 aliphatic rings. The molecular formula is C23H32F4O. The molecule has 1 aromatic rings. The minimum Gasteiger partial charge on any atom is -0.311 e. The Morgan fingerprint density at radius 2 is 1.64 bits per heavy atom. The van der Waals surface area contributed by atoms with Crippen molar-refractivity contribution >= 4 is 0 Å². The summed E-state index contributed by atoms with van der Waals surface area (Å²) in [6.45, 7) is 3.87. The first-order valence-corrected chi connectivity index (χ1v) is 10.7. The van der Waals surface area contributed by atoms with Gasteiger partial charge in [-0.1, -0.05) is 44.5 Å². The summed E-state index contributed by atoms with van der Waals surface area (Å²) in [5.74, 6) is -4.03. The van der Waals surface area contributed by atoms with E-state index in [0.717, 1.165) is 12.8 Å². The van der Waals surface area contributed by atoms with Crippen LogP contribution >= 0.6 is 0 Å². The molecule has 2 fully saturated rings. The lowest BCUT2D eigenvalue weighted by Crippen LogP contribution is -2.47. The third-order valence-electron chi connectivity index (χ3n) is 6.50. The summed E-state index contributed by atoms with van der Waals surface area (Å²) < 4.78 is 62.3. The van der Waals surface area contributed by atoms with Crippen molar-refractivity contribution in [2.45, 2.75) is 95.7 Å². The highest BCUT2D eigenvalue weighted by atomic mass is 19.3. The van der Waals surface area contributed by atoms with Gasteiger partial charge in [-0.3, -0.25) is 0 Å². The minimum atomic E-state index is -3.48. The molecule has 0 amide bonds. The van der Waals surface area contributed by atoms with Gasteiger partial charge in [0, 0.05) is 6.42 Å². The number of halogens is 4. The molecule has 2 unspecified atom stereocenters. The van der Waals surface area contributed by atoms with Gasteiger partial charge in [-0.15, -0.1) is 0 Å². The maximum absolute atomic E-state index is 14.6. The molecule has 28 heavy (non-hydrogen) atoms. The van der Waals surface area contributed by atoms with Crippen LogP contribution in [0.4, 0.5) is 17.6 Å². The van der Waals surface area contributed by atoms with Gasteiger partial charge in [-0.25, -0.2) is 8.78 Å². The summed E-state index contributed by atoms with van der Waals surface area (Å²) in [6.07, 6.45) is -0.947. The largest absolute Gasteiger partial charge is 0.358 e. The van der Waals surface area contributed by atoms with Crippen molar-refractivity contribution in [3.63, 3.8) is 0 Å². The van der Waals surface area contributed by atoms with Gasteiger partial charge in [0.05, 0.1) is 5.92 Å². The van der Waals surface area contributed by atoms with Crippen LogP contribution in [0.25, 0.3) is 0 Å². The lowest BCUT2D eigenvalue weighted by Gasteiger charge is -2.39. The van der Waals surface area contributed by atoms with Crippen LogP contribution in [0.2, 0.25) is 0 Å². The number of aryl methyl sites for hydroxylation is 1. The molecule has 0 heterocycles. The first-order valence-electron chi connectivity index (χ1n) is 10.7. The van der Waals surface area contributed by atoms with E-state index in [-0.39, 0.29) is 24.7 Å². The highest BCUT2D eigenvalue weighted by molar-refractivity contribution is 5.26. The molecule has 158 valence electrons. The van der Waals surface area contributed by atoms with Crippen molar-refractivity contribution in [1.82, 2.24) is 0 Å². The highest BCUT2D eigenvalue weighted by Gasteiger charge is 2.52. The summed E-state index contributed by atoms with van der Waals surface area (Å²) in [5, 5.41) is 0. The first-order chi connectivity index (χ1) is 13.2. The second kappa shape index (κ2) is 8.73. The lowest BCUT2D eigenvalue weighted by atomic mass is 9.78. The zero-order valence-corrected chi connectivity index (χ0v) is 16.9. The fourth-order valence-electron chi connectivity index (χ4n) is 4.78. The third kappa shape index (κ3) is 5.08. The third-order valence-corrected chi connectivity index (χ3v) is 6.50. The second-order valence-electron chi connectivity index (χ2n) is 8.86. The van der Waals surface area contributed by atoms with Crippen LogP contribution < -0.4 is 0 Å². The van der Waals surface area contributed by atoms with Gasteiger partial charge in [0.1, 0.15) is 6.10 Å². The predicted octanol–water partition coefficient (Wildman–Crippen LogP) is 7.35. The Labute approximate surface area is 165 Å². The fourth-order valence-corrected chi connectivity index (χ4v) is 4.78. The van der Waals surface area contributed by atoms with E-state index in [1.165, 1.54) is 11.1 Å². The monoisotopic (exact) mass is 400 g/mol. The van der Waals surface area contributed by atoms with Crippen LogP contribution in [0.1, 0.15) is 82.3 Å². The van der Waals surface area contributed by atoms with Crippen LogP contribution in [-0.2, 0) is 11.2 Å². The predicted molar refractivity (Wildman–Crippen MR) is 103 cm³/mol. The van der Waals surface area contributed by atoms with Gasteiger partial charge in [0.25, 0.3) is 5.92 Å². The number of benzene rings is 1. The van der Waals surface area contributed by atoms with Crippen LogP contribution in [0.15, 0.2) is 24.3 Å². The molecule has 1 aromatic carbocycles. The van der Waals surface area contributed by atoms with E-state index in [1.54, 1.807) is 6.92 Å². The number of alkyl halides is 4. The average Bonchev–Trinajstić information content (AvgIpc) is 2.65. The van der Waals surface area contributed by atoms with Gasteiger partial charge in [0.2, 0.25) is 0 Å². The SMILES string of the molecule is CCCc1ccc(C2CCC(C(F)(F)OC3CCC(C)CC3(F)F)CC2)cc1. The average molecular weight is 401 g/mol. The number of hydrogen-bond donors (Lipinski definition) is 0. The summed E-state index contributed by atoms with van der Waals surface area (Å²) in [5.41, 5.74) is 2.48. The zero-order valence-electron chi connectivity index (χ0n) is 16.9. The maximum Gasteiger partial charge on any atom is 0.358 e. The molecule has 0 aliphatic heterocycles. The number of rotatable bonds is 6. The molecular weight excluding hydrogens is 368 g/mol. The van der Waals surface area contributed by atoms with E-state index in [9.17, 15) is 17.6 Å². The Kier molecular flexibility index (Phi) is 6.73. The summed E-state index contributed by atoms with van der Waals surface area (Å²) in [4.78, 5) is 0. The van der Waals surface area contributed by atoms with Crippen molar-refractivity contribution < 1.29 is 22.3 Å². The smallest absolute Gasteiger partial charge is 0.311 e. The maximum atomic E-state index is 14.6. The first kappa shape index (κ1) is 21.6. The Hall–Kier alpha value is -1.10. The van der Waals surface area contributed by atoms with Gasteiger partial charge >= 0.3 is 6.11 Å². The molecule has 0 spiro atoms. The normalized spacial score (nSPS) is 30.9. The Morgan fingerprint density at radius 3 is 2.21 bits per heavy atom. The van der Waals surface area contributed by atoms with E-state index in [0.29, 0.717) is 32.1 Å². The topological polar surface area (TPSA) is 9.23 Å². The minimum absolute atomic E-state index is 0.00318. The molecule has 0 saturated heterocycles. The van der Waals surface area contributed by atoms with Gasteiger partial charge in [0.15, 0.2) is 0 Å². The fraction of sp³-hybridized carbons (Fsp3) is 0.739. The van der Waals surface area contributed by atoms with E-state index >= 15 is 0 Å². The van der Waals surface area contributed by atoms with E-state index in [1.807, 2.05) is 0 Å². The quantitative estimate of drug-likeness (QED) is 0.454. The van der Waals surface area contributed by atoms with Crippen molar-refractivity contribution in [3.05, 3.63) is 35.4 Å². The highest BCUT2D eigenvalue weighted by Crippen LogP contribution is 2.46. The molecule has 2 atom stereocenters. The molecule has 3 rings (SSSR count). The Morgan fingerprint density at radius 1 is 1.00 bits per heavy atom. The molecule has 0 N–H and O–H groups in total. The van der Waals surface area contributed by atoms with E-state index in [2.05, 4.69) is 31.2 Å². The molecule has 0 radical (unpaired) electrons. The molecule has 2 aliphatic carbocycles. The summed E-state index contributed by atoms with van der Waals surface area (Å²) in [7, 11) is 0. The molecule has 0 bridgehead atoms. The Balaban J connectivity index is 1.56. The van der Waals surface area contributed by atoms with Gasteiger partial charge in [-0.05, 0) is 67.9 Å². The van der Waals surface area contributed by atoms with E-state index in [4.69, 9.17) is 4.74 Å². The second-order valence-corrected chi connectivity index (χ2v) is 8.86. The Bertz CT molecular complexity index is 620. The van der Waals surface area contributed by atoms with Gasteiger partial charge < -0.3 is 4.74 Å². The van der Waals surface area contributed by atoms with Crippen LogP contribution in [0.5, 0.6) is 0 Å². The summed E-state index contributed by atoms with van der Waals surface area (Å²) >= 11 is 0. The van der Waals surface area contributed by atoms with Crippen molar-refractivity contribution in [3.8, 4) is 0 Å². The molecule has 0 aromatic heterocycles. The summed E-state index contributed by atoms with van der Waals surface area (Å²) in [6, 6.07) is 8.45. The van der Waals surface area contributed by atoms with Crippen LogP contribution in [0.3, 0.4) is 0 Å². The molecule has 5 heteroatoms. The van der Waals surface area contributed by atoms with Crippen LogP contribution in [0, 0.1) is 11.8 Å². The van der Waals surface area contributed by atoms with Gasteiger partial charge in [-0.2, -0.15) is 8.78 Å². The molecule has 1 nitrogen and oxygen atoms in total. The lowest BCUT2D eigenvalue weighted by molar-refractivity contribution is -0.333. The molecule has 2 saturated carbocycles. The number of ether oxygens (including phenoxy) is 1. The van der Waals surface area contributed by atoms with E-state index < -0.39 is 24.1 Å². The van der Waals surface area contributed by atoms with Crippen molar-refractivity contribution in [1.29, 1.82) is 0 Å². The zero-order chi connectivity index (χ0) is 20.4. The number of hydrogen-bond acceptors (Lipinski definition) is 1. The standard InChI is InChI=1S/C23H32F4O/c1-3-4-17-6-8-18(9-7-17)19-10-12-20(13-11-19)23(26,27)28-21-14-5-16(2)15-22(21,24)25/h6-9,16,19-21H,3-5,10-15H2,1-2H3. The van der Waals surface area contributed by atoms with Crippen molar-refractivity contribution in [2.24, 2.45) is 11.8 Å². The van der Waals surface area contributed by atoms with Crippen molar-refractivity contribution in [2.75, 3.05) is 0 Å².